The van der Waals surface area contributed by atoms with Gasteiger partial charge >= 0.3 is 0 Å². The van der Waals surface area contributed by atoms with E-state index in [4.69, 9.17) is 0 Å². The average molecular weight is 259 g/mol. The predicted molar refractivity (Wildman–Crippen MR) is 69.9 cm³/mol. The molecule has 1 aromatic heterocycles. The van der Waals surface area contributed by atoms with Gasteiger partial charge in [0.2, 0.25) is 5.16 Å². The summed E-state index contributed by atoms with van der Waals surface area (Å²) in [5, 5.41) is 12.7. The number of rotatable bonds is 4. The molecule has 1 atom stereocenters. The van der Waals surface area contributed by atoms with Crippen molar-refractivity contribution >= 4 is 18.0 Å². The highest BCUT2D eigenvalue weighted by atomic mass is 32.2. The molecule has 0 saturated heterocycles. The van der Waals surface area contributed by atoms with Crippen LogP contribution in [-0.2, 0) is 6.54 Å². The van der Waals surface area contributed by atoms with Crippen LogP contribution in [0.2, 0.25) is 0 Å². The van der Waals surface area contributed by atoms with Crippen LogP contribution < -0.4 is 0 Å². The lowest BCUT2D eigenvalue weighted by Crippen LogP contribution is -2.13. The lowest BCUT2D eigenvalue weighted by atomic mass is 10.2. The second kappa shape index (κ2) is 5.30. The zero-order chi connectivity index (χ0) is 12.2. The number of nitrogens with zero attached hydrogens (tertiary/aromatic N) is 5. The Balaban J connectivity index is 1.73. The average Bonchev–Trinajstić information content (AvgIpc) is 3.04. The molecule has 0 N–H and O–H groups in total. The summed E-state index contributed by atoms with van der Waals surface area (Å²) >= 11 is 1.58. The molecule has 0 fully saturated rings. The molecule has 1 aliphatic rings. The fraction of sp³-hybridized carbons (Fsp3) is 0.333. The van der Waals surface area contributed by atoms with Crippen LogP contribution in [-0.4, -0.2) is 32.5 Å². The second-order valence-electron chi connectivity index (χ2n) is 4.12. The minimum Gasteiger partial charge on any atom is -0.292 e. The zero-order valence-electron chi connectivity index (χ0n) is 9.81. The molecule has 6 heteroatoms. The first kappa shape index (κ1) is 11.4. The molecular weight excluding hydrogens is 246 g/mol. The summed E-state index contributed by atoms with van der Waals surface area (Å²) in [6, 6.07) is 10.5. The van der Waals surface area contributed by atoms with Crippen molar-refractivity contribution in [2.24, 2.45) is 4.99 Å². The van der Waals surface area contributed by atoms with E-state index in [1.807, 2.05) is 29.1 Å². The van der Waals surface area contributed by atoms with E-state index in [9.17, 15) is 0 Å². The van der Waals surface area contributed by atoms with Crippen LogP contribution in [0.4, 0.5) is 0 Å². The van der Waals surface area contributed by atoms with Crippen LogP contribution in [0.15, 0.2) is 45.4 Å². The molecule has 2 aromatic rings. The maximum atomic E-state index is 4.41. The first-order valence-corrected chi connectivity index (χ1v) is 6.74. The van der Waals surface area contributed by atoms with Crippen molar-refractivity contribution < 1.29 is 0 Å². The van der Waals surface area contributed by atoms with Gasteiger partial charge in [0.25, 0.3) is 0 Å². The number of aromatic nitrogens is 4. The molecule has 0 saturated carbocycles. The third kappa shape index (κ3) is 2.59. The Morgan fingerprint density at radius 2 is 2.17 bits per heavy atom. The van der Waals surface area contributed by atoms with E-state index in [0.717, 1.165) is 29.4 Å². The largest absolute Gasteiger partial charge is 0.292 e. The van der Waals surface area contributed by atoms with Crippen LogP contribution in [0.5, 0.6) is 0 Å². The molecule has 0 bridgehead atoms. The quantitative estimate of drug-likeness (QED) is 0.843. The molecule has 0 unspecified atom stereocenters. The third-order valence-corrected chi connectivity index (χ3v) is 3.76. The minimum absolute atomic E-state index is 0.323. The van der Waals surface area contributed by atoms with Crippen molar-refractivity contribution in [1.29, 1.82) is 0 Å². The molecule has 0 radical (unpaired) electrons. The van der Waals surface area contributed by atoms with Gasteiger partial charge in [-0.05, 0) is 53.4 Å². The van der Waals surface area contributed by atoms with E-state index in [0.29, 0.717) is 6.04 Å². The van der Waals surface area contributed by atoms with Crippen LogP contribution in [0.25, 0.3) is 0 Å². The first-order chi connectivity index (χ1) is 8.92. The highest BCUT2D eigenvalue weighted by Crippen LogP contribution is 2.25. The highest BCUT2D eigenvalue weighted by molar-refractivity contribution is 7.99. The van der Waals surface area contributed by atoms with Crippen molar-refractivity contribution in [2.45, 2.75) is 35.5 Å². The van der Waals surface area contributed by atoms with Gasteiger partial charge in [0, 0.05) is 4.90 Å². The summed E-state index contributed by atoms with van der Waals surface area (Å²) in [4.78, 5) is 5.55. The first-order valence-electron chi connectivity index (χ1n) is 5.92. The van der Waals surface area contributed by atoms with Crippen LogP contribution in [0, 0.1) is 0 Å². The molecule has 92 valence electrons. The van der Waals surface area contributed by atoms with Gasteiger partial charge < -0.3 is 0 Å². The van der Waals surface area contributed by atoms with Crippen molar-refractivity contribution in [3.8, 4) is 0 Å². The molecular formula is C12H13N5S. The Morgan fingerprint density at radius 1 is 1.28 bits per heavy atom. The number of hydrogen-bond acceptors (Lipinski definition) is 5. The Labute approximate surface area is 109 Å². The molecule has 18 heavy (non-hydrogen) atoms. The van der Waals surface area contributed by atoms with Crippen molar-refractivity contribution in [2.75, 3.05) is 0 Å². The van der Waals surface area contributed by atoms with E-state index in [2.05, 4.69) is 32.7 Å². The van der Waals surface area contributed by atoms with Crippen molar-refractivity contribution in [1.82, 2.24) is 20.2 Å². The van der Waals surface area contributed by atoms with Crippen molar-refractivity contribution in [3.63, 3.8) is 0 Å². The number of benzene rings is 1. The molecule has 3 rings (SSSR count). The molecule has 0 spiro atoms. The number of aliphatic imine (C=N–C) groups is 1. The van der Waals surface area contributed by atoms with E-state index < -0.39 is 0 Å². The maximum absolute atomic E-state index is 4.41. The van der Waals surface area contributed by atoms with Crippen molar-refractivity contribution in [3.05, 3.63) is 30.3 Å². The van der Waals surface area contributed by atoms with Crippen LogP contribution >= 0.6 is 11.8 Å². The molecule has 1 aliphatic heterocycles. The molecule has 0 amide bonds. The van der Waals surface area contributed by atoms with Gasteiger partial charge in [0.1, 0.15) is 0 Å². The SMILES string of the molecule is C1=N[C@H](Cn2nnnc2Sc2ccccc2)CC1. The van der Waals surface area contributed by atoms with Gasteiger partial charge in [-0.15, -0.1) is 5.10 Å². The van der Waals surface area contributed by atoms with Gasteiger partial charge in [0.05, 0.1) is 12.6 Å². The Hall–Kier alpha value is -1.69. The summed E-state index contributed by atoms with van der Waals surface area (Å²) in [6.07, 6.45) is 4.14. The van der Waals surface area contributed by atoms with E-state index >= 15 is 0 Å². The third-order valence-electron chi connectivity index (χ3n) is 2.78. The van der Waals surface area contributed by atoms with Gasteiger partial charge in [-0.2, -0.15) is 0 Å². The van der Waals surface area contributed by atoms with Crippen LogP contribution in [0.1, 0.15) is 12.8 Å². The van der Waals surface area contributed by atoms with Gasteiger partial charge in [-0.1, -0.05) is 18.2 Å². The smallest absolute Gasteiger partial charge is 0.214 e. The fourth-order valence-corrected chi connectivity index (χ4v) is 2.68. The van der Waals surface area contributed by atoms with Gasteiger partial charge in [-0.25, -0.2) is 4.68 Å². The summed E-state index contributed by atoms with van der Waals surface area (Å²) in [7, 11) is 0. The lowest BCUT2D eigenvalue weighted by molar-refractivity contribution is 0.472. The minimum atomic E-state index is 0.323. The Morgan fingerprint density at radius 3 is 2.94 bits per heavy atom. The standard InChI is InChI=1S/C12H13N5S/c1-2-6-11(7-3-1)18-12-14-15-16-17(12)9-10-5-4-8-13-10/h1-3,6-8,10H,4-5,9H2/t10-/m0/s1. The van der Waals surface area contributed by atoms with E-state index in [-0.39, 0.29) is 0 Å². The molecule has 0 aliphatic carbocycles. The zero-order valence-corrected chi connectivity index (χ0v) is 10.6. The summed E-state index contributed by atoms with van der Waals surface area (Å²) in [5.74, 6) is 0. The molecule has 2 heterocycles. The van der Waals surface area contributed by atoms with Gasteiger partial charge in [0.15, 0.2) is 0 Å². The molecule has 5 nitrogen and oxygen atoms in total. The topological polar surface area (TPSA) is 56.0 Å². The van der Waals surface area contributed by atoms with E-state index in [1.54, 1.807) is 11.8 Å². The number of tetrazole rings is 1. The van der Waals surface area contributed by atoms with Crippen LogP contribution in [0.3, 0.4) is 0 Å². The number of hydrogen-bond donors (Lipinski definition) is 0. The Bertz CT molecular complexity index is 536. The lowest BCUT2D eigenvalue weighted by Gasteiger charge is -2.07. The second-order valence-corrected chi connectivity index (χ2v) is 5.16. The Kier molecular flexibility index (Phi) is 3.36. The monoisotopic (exact) mass is 259 g/mol. The van der Waals surface area contributed by atoms with Gasteiger partial charge in [-0.3, -0.25) is 4.99 Å². The van der Waals surface area contributed by atoms with E-state index in [1.165, 1.54) is 0 Å². The fourth-order valence-electron chi connectivity index (χ4n) is 1.88. The maximum Gasteiger partial charge on any atom is 0.214 e. The summed E-state index contributed by atoms with van der Waals surface area (Å²) < 4.78 is 1.84. The normalized spacial score (nSPS) is 18.3. The predicted octanol–water partition coefficient (Wildman–Crippen LogP) is 2.06. The summed E-state index contributed by atoms with van der Waals surface area (Å²) in [6.45, 7) is 0.763. The molecule has 1 aromatic carbocycles. The summed E-state index contributed by atoms with van der Waals surface area (Å²) in [5.41, 5.74) is 0. The highest BCUT2D eigenvalue weighted by Gasteiger charge is 2.15.